The lowest BCUT2D eigenvalue weighted by molar-refractivity contribution is -0.141. The van der Waals surface area contributed by atoms with E-state index in [1.807, 2.05) is 69.3 Å². The molecular formula is C22H27ClN2O2. The van der Waals surface area contributed by atoms with Crippen molar-refractivity contribution < 1.29 is 9.59 Å². The monoisotopic (exact) mass is 386 g/mol. The van der Waals surface area contributed by atoms with Crippen LogP contribution < -0.4 is 5.32 Å². The van der Waals surface area contributed by atoms with E-state index in [0.717, 1.165) is 11.1 Å². The molecule has 4 nitrogen and oxygen atoms in total. The van der Waals surface area contributed by atoms with Gasteiger partial charge in [-0.1, -0.05) is 67.1 Å². The van der Waals surface area contributed by atoms with E-state index in [-0.39, 0.29) is 17.9 Å². The Labute approximate surface area is 166 Å². The zero-order chi connectivity index (χ0) is 19.8. The third kappa shape index (κ3) is 6.10. The highest BCUT2D eigenvalue weighted by molar-refractivity contribution is 6.31. The summed E-state index contributed by atoms with van der Waals surface area (Å²) in [4.78, 5) is 27.4. The standard InChI is InChI=1S/C22H27ClN2O2/c1-4-21(26)25(15-18-12-8-9-13-19(18)23)20(22(27)24-16(2)3)14-17-10-6-5-7-11-17/h5-13,16,20H,4,14-15H2,1-3H3,(H,24,27)/t20-/m1/s1. The molecule has 27 heavy (non-hydrogen) atoms. The fourth-order valence-electron chi connectivity index (χ4n) is 2.95. The van der Waals surface area contributed by atoms with E-state index in [1.165, 1.54) is 0 Å². The smallest absolute Gasteiger partial charge is 0.243 e. The van der Waals surface area contributed by atoms with E-state index >= 15 is 0 Å². The first-order valence-electron chi connectivity index (χ1n) is 9.29. The van der Waals surface area contributed by atoms with E-state index < -0.39 is 6.04 Å². The molecule has 0 bridgehead atoms. The molecule has 2 aromatic rings. The largest absolute Gasteiger partial charge is 0.352 e. The first-order valence-corrected chi connectivity index (χ1v) is 9.67. The van der Waals surface area contributed by atoms with Gasteiger partial charge in [0, 0.05) is 30.5 Å². The summed E-state index contributed by atoms with van der Waals surface area (Å²) in [5.41, 5.74) is 1.84. The van der Waals surface area contributed by atoms with Gasteiger partial charge in [0.1, 0.15) is 6.04 Å². The van der Waals surface area contributed by atoms with Gasteiger partial charge >= 0.3 is 0 Å². The number of halogens is 1. The molecule has 0 spiro atoms. The van der Waals surface area contributed by atoms with Crippen LogP contribution in [-0.4, -0.2) is 28.8 Å². The van der Waals surface area contributed by atoms with Crippen LogP contribution in [0.3, 0.4) is 0 Å². The normalized spacial score (nSPS) is 11.9. The molecule has 0 aliphatic carbocycles. The van der Waals surface area contributed by atoms with Gasteiger partial charge in [-0.2, -0.15) is 0 Å². The Hall–Kier alpha value is -2.33. The molecule has 2 amide bonds. The zero-order valence-corrected chi connectivity index (χ0v) is 16.9. The van der Waals surface area contributed by atoms with Gasteiger partial charge in [-0.15, -0.1) is 0 Å². The Bertz CT molecular complexity index is 762. The second kappa shape index (κ2) is 10.1. The predicted molar refractivity (Wildman–Crippen MR) is 110 cm³/mol. The van der Waals surface area contributed by atoms with Crippen LogP contribution in [0.1, 0.15) is 38.3 Å². The average molecular weight is 387 g/mol. The number of benzene rings is 2. The first-order chi connectivity index (χ1) is 12.9. The van der Waals surface area contributed by atoms with Gasteiger partial charge in [-0.05, 0) is 31.0 Å². The van der Waals surface area contributed by atoms with Gasteiger partial charge < -0.3 is 10.2 Å². The maximum Gasteiger partial charge on any atom is 0.243 e. The number of hydrogen-bond acceptors (Lipinski definition) is 2. The van der Waals surface area contributed by atoms with Crippen molar-refractivity contribution in [2.45, 2.75) is 52.2 Å². The zero-order valence-electron chi connectivity index (χ0n) is 16.1. The van der Waals surface area contributed by atoms with Crippen molar-refractivity contribution in [2.75, 3.05) is 0 Å². The molecular weight excluding hydrogens is 360 g/mol. The topological polar surface area (TPSA) is 49.4 Å². The Morgan fingerprint density at radius 2 is 1.67 bits per heavy atom. The van der Waals surface area contributed by atoms with Gasteiger partial charge in [0.25, 0.3) is 0 Å². The molecule has 0 aromatic heterocycles. The highest BCUT2D eigenvalue weighted by atomic mass is 35.5. The Morgan fingerprint density at radius 3 is 2.26 bits per heavy atom. The minimum absolute atomic E-state index is 0.00494. The summed E-state index contributed by atoms with van der Waals surface area (Å²) in [6.07, 6.45) is 0.778. The van der Waals surface area contributed by atoms with Crippen LogP contribution in [-0.2, 0) is 22.6 Å². The van der Waals surface area contributed by atoms with Gasteiger partial charge in [0.15, 0.2) is 0 Å². The van der Waals surface area contributed by atoms with Crippen LogP contribution in [0.25, 0.3) is 0 Å². The van der Waals surface area contributed by atoms with E-state index in [4.69, 9.17) is 11.6 Å². The maximum absolute atomic E-state index is 13.0. The molecule has 0 radical (unpaired) electrons. The number of carbonyl (C=O) groups excluding carboxylic acids is 2. The molecule has 0 heterocycles. The summed E-state index contributed by atoms with van der Waals surface area (Å²) in [6.45, 7) is 5.94. The highest BCUT2D eigenvalue weighted by Crippen LogP contribution is 2.21. The van der Waals surface area contributed by atoms with E-state index in [0.29, 0.717) is 24.4 Å². The molecule has 0 saturated carbocycles. The predicted octanol–water partition coefficient (Wildman–Crippen LogP) is 4.21. The molecule has 0 aliphatic rings. The van der Waals surface area contributed by atoms with E-state index in [9.17, 15) is 9.59 Å². The number of carbonyl (C=O) groups is 2. The van der Waals surface area contributed by atoms with E-state index in [2.05, 4.69) is 5.32 Å². The van der Waals surface area contributed by atoms with Gasteiger partial charge in [-0.25, -0.2) is 0 Å². The summed E-state index contributed by atoms with van der Waals surface area (Å²) >= 11 is 6.31. The summed E-state index contributed by atoms with van der Waals surface area (Å²) in [5, 5.41) is 3.55. The molecule has 2 rings (SSSR count). The molecule has 0 unspecified atom stereocenters. The fraction of sp³-hybridized carbons (Fsp3) is 0.364. The van der Waals surface area contributed by atoms with Crippen LogP contribution in [0, 0.1) is 0 Å². The van der Waals surface area contributed by atoms with Crippen molar-refractivity contribution in [1.82, 2.24) is 10.2 Å². The van der Waals surface area contributed by atoms with Crippen molar-refractivity contribution >= 4 is 23.4 Å². The third-order valence-electron chi connectivity index (χ3n) is 4.30. The van der Waals surface area contributed by atoms with Crippen LogP contribution in [0.4, 0.5) is 0 Å². The lowest BCUT2D eigenvalue weighted by atomic mass is 10.0. The first kappa shape index (κ1) is 21.0. The van der Waals surface area contributed by atoms with Crippen LogP contribution in [0.15, 0.2) is 54.6 Å². The van der Waals surface area contributed by atoms with E-state index in [1.54, 1.807) is 11.0 Å². The van der Waals surface area contributed by atoms with Crippen molar-refractivity contribution in [3.8, 4) is 0 Å². The Morgan fingerprint density at radius 1 is 1.04 bits per heavy atom. The van der Waals surface area contributed by atoms with Crippen molar-refractivity contribution in [3.05, 3.63) is 70.7 Å². The minimum Gasteiger partial charge on any atom is -0.352 e. The average Bonchev–Trinajstić information content (AvgIpc) is 2.65. The lowest BCUT2D eigenvalue weighted by Crippen LogP contribution is -2.51. The van der Waals surface area contributed by atoms with Crippen molar-refractivity contribution in [1.29, 1.82) is 0 Å². The van der Waals surface area contributed by atoms with Gasteiger partial charge in [-0.3, -0.25) is 9.59 Å². The van der Waals surface area contributed by atoms with Crippen molar-refractivity contribution in [2.24, 2.45) is 0 Å². The highest BCUT2D eigenvalue weighted by Gasteiger charge is 2.30. The Kier molecular flexibility index (Phi) is 7.86. The Balaban J connectivity index is 2.37. The lowest BCUT2D eigenvalue weighted by Gasteiger charge is -2.32. The summed E-state index contributed by atoms with van der Waals surface area (Å²) in [5.74, 6) is -0.225. The SMILES string of the molecule is CCC(=O)N(Cc1ccccc1Cl)[C@H](Cc1ccccc1)C(=O)NC(C)C. The minimum atomic E-state index is -0.599. The molecule has 1 N–H and O–H groups in total. The molecule has 1 atom stereocenters. The number of nitrogens with one attached hydrogen (secondary N) is 1. The number of hydrogen-bond donors (Lipinski definition) is 1. The van der Waals surface area contributed by atoms with Crippen LogP contribution >= 0.6 is 11.6 Å². The molecule has 0 saturated heterocycles. The fourth-order valence-corrected chi connectivity index (χ4v) is 3.14. The second-order valence-corrected chi connectivity index (χ2v) is 7.24. The summed E-state index contributed by atoms with van der Waals surface area (Å²) < 4.78 is 0. The van der Waals surface area contributed by atoms with Gasteiger partial charge in [0.2, 0.25) is 11.8 Å². The summed E-state index contributed by atoms with van der Waals surface area (Å²) in [6, 6.07) is 16.6. The number of amides is 2. The quantitative estimate of drug-likeness (QED) is 0.738. The molecule has 5 heteroatoms. The molecule has 0 aliphatic heterocycles. The summed E-state index contributed by atoms with van der Waals surface area (Å²) in [7, 11) is 0. The van der Waals surface area contributed by atoms with Gasteiger partial charge in [0.05, 0.1) is 0 Å². The second-order valence-electron chi connectivity index (χ2n) is 6.84. The molecule has 0 fully saturated rings. The number of nitrogens with zero attached hydrogens (tertiary/aromatic N) is 1. The maximum atomic E-state index is 13.0. The third-order valence-corrected chi connectivity index (χ3v) is 4.67. The van der Waals surface area contributed by atoms with Crippen LogP contribution in [0.5, 0.6) is 0 Å². The van der Waals surface area contributed by atoms with Crippen LogP contribution in [0.2, 0.25) is 5.02 Å². The number of rotatable bonds is 8. The van der Waals surface area contributed by atoms with Crippen molar-refractivity contribution in [3.63, 3.8) is 0 Å². The molecule has 2 aromatic carbocycles. The molecule has 144 valence electrons.